The lowest BCUT2D eigenvalue weighted by Gasteiger charge is -1.91. The molecule has 76 valence electrons. The predicted octanol–water partition coefficient (Wildman–Crippen LogP) is 4.57. The largest absolute Gasteiger partial charge is 0.0882 e. The average Bonchev–Trinajstić information content (AvgIpc) is 2.22. The third-order valence-corrected chi connectivity index (χ3v) is 2.22. The van der Waals surface area contributed by atoms with Crippen molar-refractivity contribution in [2.75, 3.05) is 0 Å². The lowest BCUT2D eigenvalue weighted by Crippen LogP contribution is -1.71. The average molecular weight is 188 g/mol. The first kappa shape index (κ1) is 11.0. The Balaban J connectivity index is 2.34. The zero-order chi connectivity index (χ0) is 9.90. The van der Waals surface area contributed by atoms with Crippen molar-refractivity contribution in [1.82, 2.24) is 0 Å². The highest BCUT2D eigenvalue weighted by Crippen LogP contribution is 2.01. The summed E-state index contributed by atoms with van der Waals surface area (Å²) in [4.78, 5) is 0. The Morgan fingerprint density at radius 2 is 0.786 bits per heavy atom. The van der Waals surface area contributed by atoms with E-state index in [2.05, 4.69) is 48.6 Å². The number of rotatable bonds is 0. The molecular weight excluding hydrogens is 168 g/mol. The van der Waals surface area contributed by atoms with E-state index in [4.69, 9.17) is 0 Å². The fourth-order valence-corrected chi connectivity index (χ4v) is 1.40. The van der Waals surface area contributed by atoms with Gasteiger partial charge in [0.05, 0.1) is 0 Å². The smallest absolute Gasteiger partial charge is 0.0169 e. The van der Waals surface area contributed by atoms with Crippen molar-refractivity contribution in [3.05, 3.63) is 48.6 Å². The summed E-state index contributed by atoms with van der Waals surface area (Å²) in [6, 6.07) is 0. The minimum Gasteiger partial charge on any atom is -0.0882 e. The van der Waals surface area contributed by atoms with Crippen LogP contribution in [0.15, 0.2) is 48.6 Å². The first-order valence-electron chi connectivity index (χ1n) is 5.60. The number of allylic oxidation sites excluding steroid dienone is 8. The normalized spacial score (nSPS) is 26.3. The van der Waals surface area contributed by atoms with Crippen molar-refractivity contribution in [3.63, 3.8) is 0 Å². The fourth-order valence-electron chi connectivity index (χ4n) is 1.40. The third kappa shape index (κ3) is 6.47. The quantitative estimate of drug-likeness (QED) is 0.489. The molecule has 0 radical (unpaired) electrons. The molecule has 1 aliphatic carbocycles. The molecule has 0 aromatic carbocycles. The summed E-state index contributed by atoms with van der Waals surface area (Å²) in [7, 11) is 0. The fraction of sp³-hybridized carbons (Fsp3) is 0.429. The van der Waals surface area contributed by atoms with Gasteiger partial charge in [-0.2, -0.15) is 0 Å². The summed E-state index contributed by atoms with van der Waals surface area (Å²) < 4.78 is 0. The Morgan fingerprint density at radius 3 is 1.21 bits per heavy atom. The van der Waals surface area contributed by atoms with Crippen molar-refractivity contribution in [2.24, 2.45) is 0 Å². The van der Waals surface area contributed by atoms with Crippen molar-refractivity contribution in [3.8, 4) is 0 Å². The molecule has 0 spiro atoms. The zero-order valence-corrected chi connectivity index (χ0v) is 8.86. The van der Waals surface area contributed by atoms with Gasteiger partial charge in [0.15, 0.2) is 0 Å². The van der Waals surface area contributed by atoms with Gasteiger partial charge in [0.2, 0.25) is 0 Å². The Hall–Kier alpha value is -1.04. The molecule has 0 heteroatoms. The van der Waals surface area contributed by atoms with E-state index in [9.17, 15) is 0 Å². The highest BCUT2D eigenvalue weighted by atomic mass is 13.9. The molecule has 0 saturated heterocycles. The first-order valence-corrected chi connectivity index (χ1v) is 5.60. The number of hydrogen-bond acceptors (Lipinski definition) is 0. The van der Waals surface area contributed by atoms with Crippen LogP contribution in [0.2, 0.25) is 0 Å². The Kier molecular flexibility index (Phi) is 6.74. The maximum atomic E-state index is 2.29. The van der Waals surface area contributed by atoms with E-state index in [1.807, 2.05) is 0 Å². The topological polar surface area (TPSA) is 0 Å². The Bertz CT molecular complexity index is 204. The second kappa shape index (κ2) is 8.55. The molecule has 0 nitrogen and oxygen atoms in total. The highest BCUT2D eigenvalue weighted by Gasteiger charge is 1.81. The van der Waals surface area contributed by atoms with Crippen LogP contribution in [0.1, 0.15) is 38.5 Å². The number of hydrogen-bond donors (Lipinski definition) is 0. The highest BCUT2D eigenvalue weighted by molar-refractivity contribution is 5.00. The monoisotopic (exact) mass is 188 g/mol. The SMILES string of the molecule is C1=CC/C=C/C/C=C/CCC/C=C\C1. The Labute approximate surface area is 87.7 Å². The van der Waals surface area contributed by atoms with Gasteiger partial charge in [0.1, 0.15) is 0 Å². The van der Waals surface area contributed by atoms with Gasteiger partial charge in [-0.3, -0.25) is 0 Å². The van der Waals surface area contributed by atoms with Crippen molar-refractivity contribution < 1.29 is 0 Å². The molecule has 1 aliphatic rings. The Morgan fingerprint density at radius 1 is 0.429 bits per heavy atom. The summed E-state index contributed by atoms with van der Waals surface area (Å²) in [5.41, 5.74) is 0. The minimum absolute atomic E-state index is 1.07. The molecular formula is C14H20. The molecule has 14 heavy (non-hydrogen) atoms. The van der Waals surface area contributed by atoms with Gasteiger partial charge >= 0.3 is 0 Å². The van der Waals surface area contributed by atoms with Gasteiger partial charge in [-0.25, -0.2) is 0 Å². The van der Waals surface area contributed by atoms with Crippen LogP contribution < -0.4 is 0 Å². The second-order valence-electron chi connectivity index (χ2n) is 3.52. The van der Waals surface area contributed by atoms with Crippen LogP contribution in [-0.4, -0.2) is 0 Å². The molecule has 0 aromatic rings. The lowest BCUT2D eigenvalue weighted by molar-refractivity contribution is 0.864. The minimum atomic E-state index is 1.07. The first-order chi connectivity index (χ1) is 7.00. The summed E-state index contributed by atoms with van der Waals surface area (Å²) in [5, 5.41) is 0. The van der Waals surface area contributed by atoms with Gasteiger partial charge < -0.3 is 0 Å². The van der Waals surface area contributed by atoms with E-state index < -0.39 is 0 Å². The van der Waals surface area contributed by atoms with Gasteiger partial charge in [-0.15, -0.1) is 0 Å². The van der Waals surface area contributed by atoms with Gasteiger partial charge in [0.25, 0.3) is 0 Å². The van der Waals surface area contributed by atoms with Crippen molar-refractivity contribution in [1.29, 1.82) is 0 Å². The van der Waals surface area contributed by atoms with Crippen LogP contribution in [0.4, 0.5) is 0 Å². The molecule has 0 atom stereocenters. The summed E-state index contributed by atoms with van der Waals surface area (Å²) in [6.45, 7) is 0. The van der Waals surface area contributed by atoms with Crippen LogP contribution in [0.3, 0.4) is 0 Å². The van der Waals surface area contributed by atoms with Crippen LogP contribution in [0.25, 0.3) is 0 Å². The summed E-state index contributed by atoms with van der Waals surface area (Å²) in [5.74, 6) is 0. The van der Waals surface area contributed by atoms with Gasteiger partial charge in [-0.05, 0) is 38.5 Å². The molecule has 0 N–H and O–H groups in total. The molecule has 0 aromatic heterocycles. The molecule has 0 bridgehead atoms. The van der Waals surface area contributed by atoms with Crippen LogP contribution >= 0.6 is 0 Å². The molecule has 0 amide bonds. The molecule has 0 unspecified atom stereocenters. The predicted molar refractivity (Wildman–Crippen MR) is 64.3 cm³/mol. The van der Waals surface area contributed by atoms with E-state index in [0.717, 1.165) is 19.3 Å². The molecule has 0 saturated carbocycles. The van der Waals surface area contributed by atoms with Crippen LogP contribution in [0, 0.1) is 0 Å². The lowest BCUT2D eigenvalue weighted by atomic mass is 10.2. The molecule has 0 heterocycles. The zero-order valence-electron chi connectivity index (χ0n) is 8.86. The van der Waals surface area contributed by atoms with Crippen LogP contribution in [0.5, 0.6) is 0 Å². The van der Waals surface area contributed by atoms with Gasteiger partial charge in [0, 0.05) is 0 Å². The summed E-state index contributed by atoms with van der Waals surface area (Å²) in [6.07, 6.45) is 25.0. The van der Waals surface area contributed by atoms with E-state index >= 15 is 0 Å². The second-order valence-corrected chi connectivity index (χ2v) is 3.52. The van der Waals surface area contributed by atoms with Gasteiger partial charge in [-0.1, -0.05) is 48.6 Å². The summed E-state index contributed by atoms with van der Waals surface area (Å²) >= 11 is 0. The van der Waals surface area contributed by atoms with E-state index in [1.165, 1.54) is 19.3 Å². The van der Waals surface area contributed by atoms with Crippen molar-refractivity contribution >= 4 is 0 Å². The van der Waals surface area contributed by atoms with E-state index in [-0.39, 0.29) is 0 Å². The van der Waals surface area contributed by atoms with Crippen LogP contribution in [-0.2, 0) is 0 Å². The molecule has 0 aliphatic heterocycles. The maximum absolute atomic E-state index is 2.29. The molecule has 1 rings (SSSR count). The molecule has 0 fully saturated rings. The maximum Gasteiger partial charge on any atom is -0.0169 e. The standard InChI is InChI=1S/C14H20/c1-2-4-6-8-10-12-14-13-11-9-7-5-3-1/h1-2,5-8,11,13H,3-4,9-10,12,14H2/b2-1+,7-5?,8-6+,13-11-. The third-order valence-electron chi connectivity index (χ3n) is 2.22. The van der Waals surface area contributed by atoms with E-state index in [0.29, 0.717) is 0 Å². The van der Waals surface area contributed by atoms with Crippen molar-refractivity contribution in [2.45, 2.75) is 38.5 Å². The van der Waals surface area contributed by atoms with E-state index in [1.54, 1.807) is 0 Å².